The number of nitrogens with one attached hydrogen (secondary N) is 1. The van der Waals surface area contributed by atoms with Gasteiger partial charge in [0.1, 0.15) is 0 Å². The lowest BCUT2D eigenvalue weighted by molar-refractivity contribution is -0.123. The molecule has 0 saturated heterocycles. The molecule has 0 aliphatic heterocycles. The Labute approximate surface area is 182 Å². The van der Waals surface area contributed by atoms with Crippen molar-refractivity contribution in [3.05, 3.63) is 34.6 Å². The molecule has 1 aromatic carbocycles. The summed E-state index contributed by atoms with van der Waals surface area (Å²) in [6.07, 6.45) is 8.10. The number of rotatable bonds is 6. The average molecular weight is 426 g/mol. The summed E-state index contributed by atoms with van der Waals surface area (Å²) in [6.45, 7) is 4.70. The lowest BCUT2D eigenvalue weighted by Gasteiger charge is -2.59. The number of carbonyl (C=O) groups is 1. The van der Waals surface area contributed by atoms with E-state index in [1.54, 1.807) is 4.57 Å². The predicted molar refractivity (Wildman–Crippen MR) is 121 cm³/mol. The van der Waals surface area contributed by atoms with Crippen molar-refractivity contribution >= 4 is 28.6 Å². The number of fused-ring (bicyclic) bond motifs is 1. The second-order valence-corrected chi connectivity index (χ2v) is 10.8. The van der Waals surface area contributed by atoms with Crippen molar-refractivity contribution in [3.63, 3.8) is 0 Å². The van der Waals surface area contributed by atoms with Crippen LogP contribution in [0.3, 0.4) is 0 Å². The largest absolute Gasteiger partial charge is 0.352 e. The molecule has 4 aliphatic carbocycles. The van der Waals surface area contributed by atoms with Crippen LogP contribution in [0.2, 0.25) is 0 Å². The minimum Gasteiger partial charge on any atom is -0.352 e. The monoisotopic (exact) mass is 425 g/mol. The van der Waals surface area contributed by atoms with Crippen LogP contribution in [0.1, 0.15) is 52.4 Å². The van der Waals surface area contributed by atoms with E-state index >= 15 is 0 Å². The third-order valence-electron chi connectivity index (χ3n) is 7.86. The first kappa shape index (κ1) is 20.1. The van der Waals surface area contributed by atoms with Crippen molar-refractivity contribution < 1.29 is 4.79 Å². The molecule has 1 amide bonds. The van der Waals surface area contributed by atoms with Gasteiger partial charge in [0, 0.05) is 12.6 Å². The Balaban J connectivity index is 1.27. The number of para-hydroxylation sites is 1. The van der Waals surface area contributed by atoms with Gasteiger partial charge in [-0.05, 0) is 87.7 Å². The summed E-state index contributed by atoms with van der Waals surface area (Å²) in [7, 11) is 0. The zero-order valence-corrected chi connectivity index (χ0v) is 18.7. The van der Waals surface area contributed by atoms with Crippen LogP contribution in [0, 0.1) is 23.2 Å². The fraction of sp³-hybridized carbons (Fsp3) is 0.625. The number of aromatic nitrogens is 2. The van der Waals surface area contributed by atoms with E-state index in [-0.39, 0.29) is 17.5 Å². The van der Waals surface area contributed by atoms with E-state index in [1.165, 1.54) is 50.3 Å². The highest BCUT2D eigenvalue weighted by atomic mass is 32.2. The van der Waals surface area contributed by atoms with E-state index in [0.29, 0.717) is 33.8 Å². The summed E-state index contributed by atoms with van der Waals surface area (Å²) in [4.78, 5) is 30.3. The molecule has 1 heterocycles. The lowest BCUT2D eigenvalue weighted by atomic mass is 9.48. The molecular formula is C24H31N3O2S. The van der Waals surface area contributed by atoms with Crippen LogP contribution in [0.5, 0.6) is 0 Å². The molecule has 6 heteroatoms. The fourth-order valence-electron chi connectivity index (χ4n) is 6.81. The first-order chi connectivity index (χ1) is 14.5. The third kappa shape index (κ3) is 3.47. The molecule has 4 fully saturated rings. The van der Waals surface area contributed by atoms with E-state index < -0.39 is 0 Å². The number of hydrogen-bond donors (Lipinski definition) is 1. The van der Waals surface area contributed by atoms with Crippen LogP contribution < -0.4 is 10.9 Å². The summed E-state index contributed by atoms with van der Waals surface area (Å²) in [5.74, 6) is 2.98. The molecule has 1 N–H and O–H groups in total. The lowest BCUT2D eigenvalue weighted by Crippen LogP contribution is -2.56. The minimum atomic E-state index is -0.0343. The maximum absolute atomic E-state index is 12.8. The average Bonchev–Trinajstić information content (AvgIpc) is 2.71. The van der Waals surface area contributed by atoms with Crippen LogP contribution in [0.4, 0.5) is 0 Å². The smallest absolute Gasteiger partial charge is 0.262 e. The van der Waals surface area contributed by atoms with Crippen molar-refractivity contribution in [1.82, 2.24) is 14.9 Å². The van der Waals surface area contributed by atoms with Gasteiger partial charge in [-0.2, -0.15) is 0 Å². The van der Waals surface area contributed by atoms with Gasteiger partial charge < -0.3 is 5.32 Å². The van der Waals surface area contributed by atoms with E-state index in [2.05, 4.69) is 17.2 Å². The first-order valence-corrected chi connectivity index (χ1v) is 12.4. The molecule has 30 heavy (non-hydrogen) atoms. The molecule has 4 bridgehead atoms. The number of thioether (sulfide) groups is 1. The molecule has 4 saturated carbocycles. The predicted octanol–water partition coefficient (Wildman–Crippen LogP) is 4.23. The maximum Gasteiger partial charge on any atom is 0.262 e. The van der Waals surface area contributed by atoms with Gasteiger partial charge in [0.25, 0.3) is 5.56 Å². The summed E-state index contributed by atoms with van der Waals surface area (Å²) < 4.78 is 1.67. The van der Waals surface area contributed by atoms with Gasteiger partial charge in [-0.25, -0.2) is 4.98 Å². The second-order valence-electron chi connectivity index (χ2n) is 9.82. The molecule has 4 aliphatic rings. The Bertz CT molecular complexity index is 995. The van der Waals surface area contributed by atoms with Gasteiger partial charge in [0.2, 0.25) is 5.91 Å². The first-order valence-electron chi connectivity index (χ1n) is 11.4. The molecule has 6 rings (SSSR count). The maximum atomic E-state index is 12.8. The molecule has 0 spiro atoms. The minimum absolute atomic E-state index is 0.0343. The van der Waals surface area contributed by atoms with E-state index in [1.807, 2.05) is 31.2 Å². The summed E-state index contributed by atoms with van der Waals surface area (Å²) >= 11 is 1.37. The molecule has 1 unspecified atom stereocenters. The van der Waals surface area contributed by atoms with Crippen LogP contribution in [0.25, 0.3) is 10.9 Å². The number of carbonyl (C=O) groups excluding carboxylic acids is 1. The van der Waals surface area contributed by atoms with Gasteiger partial charge in [-0.15, -0.1) is 0 Å². The highest BCUT2D eigenvalue weighted by Crippen LogP contribution is 2.61. The Morgan fingerprint density at radius 2 is 1.83 bits per heavy atom. The molecule has 5 nitrogen and oxygen atoms in total. The third-order valence-corrected chi connectivity index (χ3v) is 8.83. The molecule has 0 radical (unpaired) electrons. The number of benzene rings is 1. The number of hydrogen-bond acceptors (Lipinski definition) is 4. The number of amides is 1. The Kier molecular flexibility index (Phi) is 5.16. The van der Waals surface area contributed by atoms with Gasteiger partial charge >= 0.3 is 0 Å². The summed E-state index contributed by atoms with van der Waals surface area (Å²) in [5, 5.41) is 4.57. The zero-order chi connectivity index (χ0) is 20.9. The Hall–Kier alpha value is -1.82. The number of nitrogens with zero attached hydrogens (tertiary/aromatic N) is 2. The van der Waals surface area contributed by atoms with Gasteiger partial charge in [0.05, 0.1) is 16.7 Å². The molecular weight excluding hydrogens is 394 g/mol. The van der Waals surface area contributed by atoms with Crippen molar-refractivity contribution in [2.75, 3.05) is 5.75 Å². The standard InChI is InChI=1S/C24H31N3O2S/c1-3-27-22(29)19-6-4-5-7-20(19)26-23(27)30-14-21(28)25-15(2)24-11-16-8-17(12-24)10-18(9-16)13-24/h4-7,15-18H,3,8-14H2,1-2H3,(H,25,28). The van der Waals surface area contributed by atoms with Crippen LogP contribution in [-0.4, -0.2) is 27.3 Å². The topological polar surface area (TPSA) is 64.0 Å². The quantitative estimate of drug-likeness (QED) is 0.556. The molecule has 1 aromatic heterocycles. The van der Waals surface area contributed by atoms with Crippen molar-refractivity contribution in [2.45, 2.75) is 70.1 Å². The van der Waals surface area contributed by atoms with Crippen molar-refractivity contribution in [2.24, 2.45) is 23.2 Å². The Morgan fingerprint density at radius 3 is 2.47 bits per heavy atom. The molecule has 2 aromatic rings. The normalized spacial score (nSPS) is 30.5. The highest BCUT2D eigenvalue weighted by Gasteiger charge is 2.53. The fourth-order valence-corrected chi connectivity index (χ4v) is 7.69. The summed E-state index contributed by atoms with van der Waals surface area (Å²) in [5.41, 5.74) is 0.965. The van der Waals surface area contributed by atoms with Crippen LogP contribution in [0.15, 0.2) is 34.2 Å². The van der Waals surface area contributed by atoms with Crippen LogP contribution in [-0.2, 0) is 11.3 Å². The van der Waals surface area contributed by atoms with Gasteiger partial charge in [0.15, 0.2) is 5.16 Å². The van der Waals surface area contributed by atoms with Gasteiger partial charge in [-0.3, -0.25) is 14.2 Å². The van der Waals surface area contributed by atoms with E-state index in [9.17, 15) is 9.59 Å². The van der Waals surface area contributed by atoms with Crippen molar-refractivity contribution in [3.8, 4) is 0 Å². The van der Waals surface area contributed by atoms with E-state index in [0.717, 1.165) is 17.8 Å². The zero-order valence-electron chi connectivity index (χ0n) is 17.9. The van der Waals surface area contributed by atoms with E-state index in [4.69, 9.17) is 0 Å². The molecule has 1 atom stereocenters. The second kappa shape index (κ2) is 7.70. The van der Waals surface area contributed by atoms with Gasteiger partial charge in [-0.1, -0.05) is 23.9 Å². The SMILES string of the molecule is CCn1c(SCC(=O)NC(C)C23CC4CC(CC(C4)C2)C3)nc2ccccc2c1=O. The summed E-state index contributed by atoms with van der Waals surface area (Å²) in [6, 6.07) is 7.63. The Morgan fingerprint density at radius 1 is 1.20 bits per heavy atom. The van der Waals surface area contributed by atoms with Crippen LogP contribution >= 0.6 is 11.8 Å². The highest BCUT2D eigenvalue weighted by molar-refractivity contribution is 7.99. The molecule has 160 valence electrons. The van der Waals surface area contributed by atoms with Crippen molar-refractivity contribution in [1.29, 1.82) is 0 Å².